The number of halogens is 2. The van der Waals surface area contributed by atoms with Crippen molar-refractivity contribution < 1.29 is 5.11 Å². The van der Waals surface area contributed by atoms with Crippen molar-refractivity contribution in [3.8, 4) is 0 Å². The van der Waals surface area contributed by atoms with E-state index >= 15 is 0 Å². The molecule has 0 aromatic heterocycles. The van der Waals surface area contributed by atoms with Gasteiger partial charge in [0.2, 0.25) is 0 Å². The Bertz CT molecular complexity index is 273. The van der Waals surface area contributed by atoms with Gasteiger partial charge >= 0.3 is 0 Å². The molecular formula is C9H9I2O. The molecule has 0 spiro atoms. The molecule has 3 heteroatoms. The van der Waals surface area contributed by atoms with Crippen molar-refractivity contribution in [1.82, 2.24) is 0 Å². The minimum atomic E-state index is -0.561. The molecule has 1 radical (unpaired) electrons. The summed E-state index contributed by atoms with van der Waals surface area (Å²) in [5, 5.41) is 11.4. The zero-order valence-electron chi connectivity index (χ0n) is 6.68. The number of benzene rings is 1. The summed E-state index contributed by atoms with van der Waals surface area (Å²) in [6.07, 6.45) is 0.102. The van der Waals surface area contributed by atoms with Crippen LogP contribution in [0.5, 0.6) is 0 Å². The molecule has 0 amide bonds. The summed E-state index contributed by atoms with van der Waals surface area (Å²) in [6.45, 7) is 1.92. The van der Waals surface area contributed by atoms with E-state index in [0.29, 0.717) is 6.42 Å². The Balaban J connectivity index is 3.01. The lowest BCUT2D eigenvalue weighted by molar-refractivity contribution is 0.0850. The van der Waals surface area contributed by atoms with E-state index in [0.717, 1.165) is 9.13 Å². The van der Waals surface area contributed by atoms with Gasteiger partial charge in [0.15, 0.2) is 0 Å². The predicted octanol–water partition coefficient (Wildman–Crippen LogP) is 3.78. The molecule has 0 bridgehead atoms. The van der Waals surface area contributed by atoms with E-state index in [9.17, 15) is 5.11 Å². The van der Waals surface area contributed by atoms with Gasteiger partial charge < -0.3 is 0 Å². The third-order valence-electron chi connectivity index (χ3n) is 1.68. The summed E-state index contributed by atoms with van der Waals surface area (Å²) in [6, 6.07) is 5.96. The highest BCUT2D eigenvalue weighted by Crippen LogP contribution is 2.24. The van der Waals surface area contributed by atoms with E-state index in [1.54, 1.807) is 0 Å². The lowest BCUT2D eigenvalue weighted by Gasteiger charge is -2.07. The van der Waals surface area contributed by atoms with Gasteiger partial charge in [0.1, 0.15) is 6.10 Å². The van der Waals surface area contributed by atoms with Crippen molar-refractivity contribution in [2.45, 2.75) is 19.4 Å². The van der Waals surface area contributed by atoms with Crippen LogP contribution in [-0.2, 0) is 5.11 Å². The molecule has 0 N–H and O–H groups in total. The van der Waals surface area contributed by atoms with Crippen LogP contribution in [0.25, 0.3) is 0 Å². The van der Waals surface area contributed by atoms with E-state index < -0.39 is 6.10 Å². The quantitative estimate of drug-likeness (QED) is 0.689. The summed E-state index contributed by atoms with van der Waals surface area (Å²) < 4.78 is 2.27. The molecule has 65 valence electrons. The van der Waals surface area contributed by atoms with Crippen molar-refractivity contribution in [3.05, 3.63) is 30.9 Å². The van der Waals surface area contributed by atoms with Gasteiger partial charge in [-0.2, -0.15) is 0 Å². The van der Waals surface area contributed by atoms with Crippen LogP contribution >= 0.6 is 45.2 Å². The van der Waals surface area contributed by atoms with Gasteiger partial charge in [-0.05, 0) is 69.3 Å². The molecule has 1 rings (SSSR count). The van der Waals surface area contributed by atoms with E-state index in [-0.39, 0.29) is 0 Å². The van der Waals surface area contributed by atoms with Crippen molar-refractivity contribution >= 4 is 45.2 Å². The molecule has 0 aliphatic carbocycles. The third kappa shape index (κ3) is 2.56. The first-order valence-corrected chi connectivity index (χ1v) is 5.91. The second-order valence-corrected chi connectivity index (χ2v) is 4.97. The normalized spacial score (nSPS) is 13.0. The number of rotatable bonds is 2. The molecule has 0 aliphatic heterocycles. The van der Waals surface area contributed by atoms with Crippen LogP contribution in [0.3, 0.4) is 0 Å². The second-order valence-electron chi connectivity index (χ2n) is 2.56. The smallest absolute Gasteiger partial charge is 0.119 e. The standard InChI is InChI=1S/C9H9I2O/c1-2-9(12)7-4-3-6(10)5-8(7)11/h3-5,9H,2H2,1H3. The van der Waals surface area contributed by atoms with Crippen LogP contribution in [-0.4, -0.2) is 0 Å². The Hall–Kier alpha value is 0.640. The zero-order chi connectivity index (χ0) is 9.14. The van der Waals surface area contributed by atoms with E-state index in [2.05, 4.69) is 45.2 Å². The Morgan fingerprint density at radius 3 is 2.58 bits per heavy atom. The molecule has 0 heterocycles. The number of hydrogen-bond acceptors (Lipinski definition) is 0. The summed E-state index contributed by atoms with van der Waals surface area (Å²) in [7, 11) is 0. The Morgan fingerprint density at radius 1 is 1.42 bits per heavy atom. The summed E-state index contributed by atoms with van der Waals surface area (Å²) in [4.78, 5) is 0. The summed E-state index contributed by atoms with van der Waals surface area (Å²) >= 11 is 4.47. The third-order valence-corrected chi connectivity index (χ3v) is 3.29. The van der Waals surface area contributed by atoms with Crippen LogP contribution < -0.4 is 0 Å². The molecule has 12 heavy (non-hydrogen) atoms. The molecule has 0 saturated carbocycles. The van der Waals surface area contributed by atoms with Gasteiger partial charge in [-0.3, -0.25) is 0 Å². The van der Waals surface area contributed by atoms with Crippen molar-refractivity contribution in [2.75, 3.05) is 0 Å². The van der Waals surface area contributed by atoms with Gasteiger partial charge in [-0.15, -0.1) is 0 Å². The molecule has 0 aliphatic rings. The van der Waals surface area contributed by atoms with E-state index in [1.165, 1.54) is 3.57 Å². The minimum absolute atomic E-state index is 0.561. The Labute approximate surface area is 99.8 Å². The van der Waals surface area contributed by atoms with E-state index in [1.807, 2.05) is 25.1 Å². The average Bonchev–Trinajstić information content (AvgIpc) is 2.03. The van der Waals surface area contributed by atoms with Gasteiger partial charge in [-0.25, -0.2) is 5.11 Å². The van der Waals surface area contributed by atoms with Crippen LogP contribution in [0.4, 0.5) is 0 Å². The summed E-state index contributed by atoms with van der Waals surface area (Å²) in [5.74, 6) is 0. The molecule has 1 atom stereocenters. The highest BCUT2D eigenvalue weighted by molar-refractivity contribution is 14.1. The van der Waals surface area contributed by atoms with Gasteiger partial charge in [0.25, 0.3) is 0 Å². The highest BCUT2D eigenvalue weighted by Gasteiger charge is 2.10. The molecule has 0 saturated heterocycles. The van der Waals surface area contributed by atoms with Crippen LogP contribution in [0.2, 0.25) is 0 Å². The topological polar surface area (TPSA) is 19.9 Å². The van der Waals surface area contributed by atoms with Crippen molar-refractivity contribution in [2.24, 2.45) is 0 Å². The SMILES string of the molecule is CCC([O])c1ccc(I)cc1I. The Kier molecular flexibility index (Phi) is 4.25. The van der Waals surface area contributed by atoms with Gasteiger partial charge in [0, 0.05) is 7.14 Å². The molecular weight excluding hydrogens is 378 g/mol. The Morgan fingerprint density at radius 2 is 2.08 bits per heavy atom. The lowest BCUT2D eigenvalue weighted by atomic mass is 10.1. The van der Waals surface area contributed by atoms with Crippen LogP contribution in [0, 0.1) is 7.14 Å². The van der Waals surface area contributed by atoms with Crippen LogP contribution in [0.1, 0.15) is 25.0 Å². The fourth-order valence-corrected chi connectivity index (χ4v) is 2.93. The average molecular weight is 387 g/mol. The summed E-state index contributed by atoms with van der Waals surface area (Å²) in [5.41, 5.74) is 0.929. The highest BCUT2D eigenvalue weighted by atomic mass is 127. The molecule has 1 nitrogen and oxygen atoms in total. The maximum atomic E-state index is 11.4. The maximum Gasteiger partial charge on any atom is 0.119 e. The number of hydrogen-bond donors (Lipinski definition) is 0. The van der Waals surface area contributed by atoms with Crippen molar-refractivity contribution in [3.63, 3.8) is 0 Å². The zero-order valence-corrected chi connectivity index (χ0v) is 11.0. The minimum Gasteiger partial charge on any atom is -0.228 e. The second kappa shape index (κ2) is 4.76. The lowest BCUT2D eigenvalue weighted by Crippen LogP contribution is -1.96. The molecule has 1 aromatic carbocycles. The molecule has 1 aromatic rings. The predicted molar refractivity (Wildman–Crippen MR) is 65.6 cm³/mol. The van der Waals surface area contributed by atoms with Gasteiger partial charge in [-0.1, -0.05) is 13.0 Å². The largest absolute Gasteiger partial charge is 0.228 e. The maximum absolute atomic E-state index is 11.4. The fraction of sp³-hybridized carbons (Fsp3) is 0.333. The fourth-order valence-electron chi connectivity index (χ4n) is 0.983. The monoisotopic (exact) mass is 387 g/mol. The first-order valence-electron chi connectivity index (χ1n) is 3.76. The molecule has 0 fully saturated rings. The van der Waals surface area contributed by atoms with Crippen molar-refractivity contribution in [1.29, 1.82) is 0 Å². The first kappa shape index (κ1) is 10.7. The van der Waals surface area contributed by atoms with E-state index in [4.69, 9.17) is 0 Å². The first-order chi connectivity index (χ1) is 5.65. The van der Waals surface area contributed by atoms with Gasteiger partial charge in [0.05, 0.1) is 0 Å². The molecule has 1 unspecified atom stereocenters. The van der Waals surface area contributed by atoms with Crippen LogP contribution in [0.15, 0.2) is 18.2 Å².